The highest BCUT2D eigenvalue weighted by Gasteiger charge is 2.47. The molecule has 0 radical (unpaired) electrons. The van der Waals surface area contributed by atoms with Crippen LogP contribution < -0.4 is 0 Å². The lowest BCUT2D eigenvalue weighted by Gasteiger charge is -2.53. The smallest absolute Gasteiger partial charge is 0.0577 e. The number of rotatable bonds is 0. The molecule has 0 aromatic heterocycles. The Hall–Kier alpha value is -0.300. The first-order chi connectivity index (χ1) is 9.09. The van der Waals surface area contributed by atoms with E-state index in [1.54, 1.807) is 5.57 Å². The second-order valence-electron chi connectivity index (χ2n) is 7.06. The minimum atomic E-state index is -0.0617. The molecule has 19 heavy (non-hydrogen) atoms. The van der Waals surface area contributed by atoms with E-state index in [1.807, 2.05) is 13.8 Å². The molecule has 0 amide bonds. The number of aliphatic hydroxyl groups is 1. The quantitative estimate of drug-likeness (QED) is 0.614. The summed E-state index contributed by atoms with van der Waals surface area (Å²) in [5.74, 6) is 2.78. The molecule has 0 aromatic carbocycles. The third-order valence-electron chi connectivity index (χ3n) is 5.92. The van der Waals surface area contributed by atoms with Crippen molar-refractivity contribution in [1.82, 2.24) is 0 Å². The molecule has 0 aromatic rings. The summed E-state index contributed by atoms with van der Waals surface area (Å²) in [4.78, 5) is 0. The van der Waals surface area contributed by atoms with E-state index >= 15 is 0 Å². The lowest BCUT2D eigenvalue weighted by molar-refractivity contribution is 0.0219. The molecule has 1 heteroatoms. The van der Waals surface area contributed by atoms with Crippen molar-refractivity contribution in [3.05, 3.63) is 11.6 Å². The molecule has 0 bridgehead atoms. The molecule has 5 atom stereocenters. The molecular formula is C18H32O. The molecule has 2 saturated carbocycles. The van der Waals surface area contributed by atoms with Crippen LogP contribution in [0.5, 0.6) is 0 Å². The standard InChI is InChI=1S/C16H26O.C2H6/c1-11-3-6-15-12(9-11)4-5-13-10-14(17)7-8-16(13,15)2;1-2/h5,11-12,14-15,17H,3-4,6-10H2,1-2H3;1-2H3. The van der Waals surface area contributed by atoms with Crippen LogP contribution in [-0.4, -0.2) is 11.2 Å². The van der Waals surface area contributed by atoms with Gasteiger partial charge in [-0.2, -0.15) is 0 Å². The monoisotopic (exact) mass is 264 g/mol. The van der Waals surface area contributed by atoms with E-state index in [0.29, 0.717) is 5.41 Å². The van der Waals surface area contributed by atoms with Crippen molar-refractivity contribution < 1.29 is 5.11 Å². The first kappa shape index (κ1) is 15.1. The van der Waals surface area contributed by atoms with E-state index in [9.17, 15) is 5.11 Å². The minimum absolute atomic E-state index is 0.0617. The van der Waals surface area contributed by atoms with E-state index < -0.39 is 0 Å². The van der Waals surface area contributed by atoms with Gasteiger partial charge in [0.2, 0.25) is 0 Å². The fraction of sp³-hybridized carbons (Fsp3) is 0.889. The zero-order chi connectivity index (χ0) is 14.0. The molecule has 1 N–H and O–H groups in total. The topological polar surface area (TPSA) is 20.2 Å². The van der Waals surface area contributed by atoms with Gasteiger partial charge in [-0.3, -0.25) is 0 Å². The van der Waals surface area contributed by atoms with E-state index in [-0.39, 0.29) is 6.10 Å². The summed E-state index contributed by atoms with van der Waals surface area (Å²) >= 11 is 0. The van der Waals surface area contributed by atoms with E-state index in [2.05, 4.69) is 19.9 Å². The number of allylic oxidation sites excluding steroid dienone is 1. The van der Waals surface area contributed by atoms with Gasteiger partial charge >= 0.3 is 0 Å². The van der Waals surface area contributed by atoms with Crippen molar-refractivity contribution in [2.75, 3.05) is 0 Å². The van der Waals surface area contributed by atoms with Gasteiger partial charge in [-0.25, -0.2) is 0 Å². The normalized spacial score (nSPS) is 45.2. The van der Waals surface area contributed by atoms with Gasteiger partial charge in [-0.15, -0.1) is 0 Å². The second-order valence-corrected chi connectivity index (χ2v) is 7.06. The number of hydrogen-bond acceptors (Lipinski definition) is 1. The van der Waals surface area contributed by atoms with Crippen molar-refractivity contribution >= 4 is 0 Å². The summed E-state index contributed by atoms with van der Waals surface area (Å²) < 4.78 is 0. The Morgan fingerprint density at radius 2 is 1.95 bits per heavy atom. The van der Waals surface area contributed by atoms with E-state index in [0.717, 1.165) is 30.6 Å². The number of aliphatic hydroxyl groups excluding tert-OH is 1. The Morgan fingerprint density at radius 3 is 2.68 bits per heavy atom. The van der Waals surface area contributed by atoms with Crippen LogP contribution >= 0.6 is 0 Å². The van der Waals surface area contributed by atoms with Crippen molar-refractivity contribution in [3.63, 3.8) is 0 Å². The Balaban J connectivity index is 0.000000637. The van der Waals surface area contributed by atoms with Gasteiger partial charge < -0.3 is 5.11 Å². The molecule has 0 saturated heterocycles. The largest absolute Gasteiger partial charge is 0.393 e. The Labute approximate surface area is 119 Å². The second kappa shape index (κ2) is 5.99. The zero-order valence-corrected chi connectivity index (χ0v) is 13.3. The Kier molecular flexibility index (Phi) is 4.76. The summed E-state index contributed by atoms with van der Waals surface area (Å²) in [6.45, 7) is 8.90. The molecule has 1 nitrogen and oxygen atoms in total. The maximum Gasteiger partial charge on any atom is 0.0577 e. The summed E-state index contributed by atoms with van der Waals surface area (Å²) in [5, 5.41) is 9.86. The van der Waals surface area contributed by atoms with Crippen molar-refractivity contribution in [2.45, 2.75) is 78.7 Å². The van der Waals surface area contributed by atoms with Gasteiger partial charge in [0.05, 0.1) is 6.10 Å². The zero-order valence-electron chi connectivity index (χ0n) is 13.3. The molecule has 3 aliphatic rings. The van der Waals surface area contributed by atoms with Crippen LogP contribution in [0.1, 0.15) is 72.6 Å². The lowest BCUT2D eigenvalue weighted by Crippen LogP contribution is -2.44. The summed E-state index contributed by atoms with van der Waals surface area (Å²) in [7, 11) is 0. The fourth-order valence-corrected chi connectivity index (χ4v) is 4.85. The van der Waals surface area contributed by atoms with Gasteiger partial charge in [0.1, 0.15) is 0 Å². The average Bonchev–Trinajstić information content (AvgIpc) is 2.42. The predicted molar refractivity (Wildman–Crippen MR) is 82.0 cm³/mol. The highest BCUT2D eigenvalue weighted by atomic mass is 16.3. The number of hydrogen-bond donors (Lipinski definition) is 1. The average molecular weight is 264 g/mol. The van der Waals surface area contributed by atoms with Crippen LogP contribution in [0.25, 0.3) is 0 Å². The predicted octanol–water partition coefficient (Wildman–Crippen LogP) is 4.95. The maximum absolute atomic E-state index is 9.86. The van der Waals surface area contributed by atoms with Gasteiger partial charge in [-0.1, -0.05) is 45.8 Å². The third-order valence-corrected chi connectivity index (χ3v) is 5.92. The molecular weight excluding hydrogens is 232 g/mol. The van der Waals surface area contributed by atoms with Gasteiger partial charge in [0.15, 0.2) is 0 Å². The Bertz CT molecular complexity index is 333. The van der Waals surface area contributed by atoms with Gasteiger partial charge in [0, 0.05) is 0 Å². The van der Waals surface area contributed by atoms with Crippen molar-refractivity contribution in [3.8, 4) is 0 Å². The van der Waals surface area contributed by atoms with Crippen LogP contribution in [0.4, 0.5) is 0 Å². The third kappa shape index (κ3) is 2.77. The minimum Gasteiger partial charge on any atom is -0.393 e. The molecule has 0 spiro atoms. The van der Waals surface area contributed by atoms with Gasteiger partial charge in [-0.05, 0) is 61.7 Å². The van der Waals surface area contributed by atoms with Crippen LogP contribution in [0.3, 0.4) is 0 Å². The summed E-state index contributed by atoms with van der Waals surface area (Å²) in [6.07, 6.45) is 11.2. The van der Waals surface area contributed by atoms with Crippen LogP contribution in [-0.2, 0) is 0 Å². The molecule has 5 unspecified atom stereocenters. The van der Waals surface area contributed by atoms with Crippen LogP contribution in [0.15, 0.2) is 11.6 Å². The fourth-order valence-electron chi connectivity index (χ4n) is 4.85. The first-order valence-electron chi connectivity index (χ1n) is 8.47. The number of fused-ring (bicyclic) bond motifs is 3. The van der Waals surface area contributed by atoms with E-state index in [4.69, 9.17) is 0 Å². The van der Waals surface area contributed by atoms with Gasteiger partial charge in [0.25, 0.3) is 0 Å². The van der Waals surface area contributed by atoms with E-state index in [1.165, 1.54) is 32.1 Å². The Morgan fingerprint density at radius 1 is 1.21 bits per heavy atom. The highest BCUT2D eigenvalue weighted by Crippen LogP contribution is 2.57. The maximum atomic E-state index is 9.86. The van der Waals surface area contributed by atoms with Crippen LogP contribution in [0, 0.1) is 23.2 Å². The summed E-state index contributed by atoms with van der Waals surface area (Å²) in [5.41, 5.74) is 2.02. The van der Waals surface area contributed by atoms with Crippen LogP contribution in [0.2, 0.25) is 0 Å². The first-order valence-corrected chi connectivity index (χ1v) is 8.47. The molecule has 2 fully saturated rings. The molecule has 0 aliphatic heterocycles. The molecule has 3 aliphatic carbocycles. The highest BCUT2D eigenvalue weighted by molar-refractivity contribution is 5.23. The SMILES string of the molecule is CC.CC1CCC2C(CC=C3CC(O)CCC32C)C1. The molecule has 110 valence electrons. The van der Waals surface area contributed by atoms with Crippen molar-refractivity contribution in [1.29, 1.82) is 0 Å². The lowest BCUT2D eigenvalue weighted by atomic mass is 9.53. The molecule has 0 heterocycles. The molecule has 3 rings (SSSR count). The summed E-state index contributed by atoms with van der Waals surface area (Å²) in [6, 6.07) is 0. The van der Waals surface area contributed by atoms with Crippen molar-refractivity contribution in [2.24, 2.45) is 23.2 Å².